The van der Waals surface area contributed by atoms with Gasteiger partial charge in [-0.05, 0) is 30.9 Å². The molecular formula is C21H30IN7O. The number of ether oxygens (including phenoxy) is 1. The van der Waals surface area contributed by atoms with E-state index in [1.807, 2.05) is 4.68 Å². The van der Waals surface area contributed by atoms with Crippen LogP contribution in [0.15, 0.2) is 35.3 Å². The molecule has 3 heterocycles. The standard InChI is InChI=1S/C21H29N7O.HI/c1-3-22-21(23-11-10-16-12-15-6-4-5-7-18(15)24-16)25-17-8-9-20-26-19(14-29-2)27-28(20)13-17;/h4-7,12,17,24H,3,8-11,13-14H2,1-2H3,(H2,22,23,25);1H. The van der Waals surface area contributed by atoms with Gasteiger partial charge >= 0.3 is 0 Å². The molecule has 0 radical (unpaired) electrons. The van der Waals surface area contributed by atoms with Crippen molar-refractivity contribution in [3.05, 3.63) is 47.7 Å². The summed E-state index contributed by atoms with van der Waals surface area (Å²) in [6.07, 6.45) is 2.80. The Labute approximate surface area is 193 Å². The van der Waals surface area contributed by atoms with E-state index in [-0.39, 0.29) is 30.0 Å². The number of guanidine groups is 1. The highest BCUT2D eigenvalue weighted by Crippen LogP contribution is 2.15. The molecule has 1 atom stereocenters. The van der Waals surface area contributed by atoms with Crippen molar-refractivity contribution in [2.24, 2.45) is 4.99 Å². The number of halogens is 1. The van der Waals surface area contributed by atoms with Crippen LogP contribution in [0.4, 0.5) is 0 Å². The topological polar surface area (TPSA) is 92.2 Å². The summed E-state index contributed by atoms with van der Waals surface area (Å²) in [4.78, 5) is 12.8. The highest BCUT2D eigenvalue weighted by atomic mass is 127. The molecule has 2 aromatic heterocycles. The fourth-order valence-corrected chi connectivity index (χ4v) is 3.74. The second-order valence-electron chi connectivity index (χ2n) is 7.33. The predicted molar refractivity (Wildman–Crippen MR) is 129 cm³/mol. The predicted octanol–water partition coefficient (Wildman–Crippen LogP) is 2.64. The fraction of sp³-hybridized carbons (Fsp3) is 0.476. The van der Waals surface area contributed by atoms with E-state index >= 15 is 0 Å². The van der Waals surface area contributed by atoms with Gasteiger partial charge in [0.2, 0.25) is 0 Å². The summed E-state index contributed by atoms with van der Waals surface area (Å²) in [6.45, 7) is 4.88. The van der Waals surface area contributed by atoms with Gasteiger partial charge in [0, 0.05) is 50.3 Å². The first-order chi connectivity index (χ1) is 14.2. The van der Waals surface area contributed by atoms with E-state index < -0.39 is 0 Å². The number of hydrogen-bond donors (Lipinski definition) is 3. The molecule has 0 saturated heterocycles. The molecule has 1 aromatic carbocycles. The smallest absolute Gasteiger partial charge is 0.191 e. The van der Waals surface area contributed by atoms with Crippen LogP contribution < -0.4 is 10.6 Å². The van der Waals surface area contributed by atoms with Crippen molar-refractivity contribution in [3.63, 3.8) is 0 Å². The van der Waals surface area contributed by atoms with Crippen LogP contribution in [0.1, 0.15) is 30.7 Å². The van der Waals surface area contributed by atoms with E-state index in [2.05, 4.69) is 63.0 Å². The lowest BCUT2D eigenvalue weighted by Crippen LogP contribution is -2.47. The van der Waals surface area contributed by atoms with Crippen molar-refractivity contribution in [3.8, 4) is 0 Å². The molecule has 3 N–H and O–H groups in total. The van der Waals surface area contributed by atoms with Crippen LogP contribution >= 0.6 is 24.0 Å². The number of hydrogen-bond acceptors (Lipinski definition) is 4. The third-order valence-corrected chi connectivity index (χ3v) is 5.10. The summed E-state index contributed by atoms with van der Waals surface area (Å²) in [7, 11) is 1.67. The molecule has 1 unspecified atom stereocenters. The van der Waals surface area contributed by atoms with Gasteiger partial charge in [-0.15, -0.1) is 24.0 Å². The van der Waals surface area contributed by atoms with Gasteiger partial charge in [-0.25, -0.2) is 9.67 Å². The van der Waals surface area contributed by atoms with Gasteiger partial charge in [-0.1, -0.05) is 18.2 Å². The molecule has 0 aliphatic carbocycles. The molecule has 1 aliphatic heterocycles. The van der Waals surface area contributed by atoms with Crippen LogP contribution in [0.5, 0.6) is 0 Å². The monoisotopic (exact) mass is 523 g/mol. The highest BCUT2D eigenvalue weighted by Gasteiger charge is 2.22. The number of fused-ring (bicyclic) bond motifs is 2. The molecule has 1 aliphatic rings. The van der Waals surface area contributed by atoms with Crippen molar-refractivity contribution in [2.75, 3.05) is 20.2 Å². The molecule has 0 bridgehead atoms. The number of para-hydroxylation sites is 1. The van der Waals surface area contributed by atoms with Crippen LogP contribution in [0, 0.1) is 0 Å². The molecule has 9 heteroatoms. The second kappa shape index (κ2) is 10.8. The summed E-state index contributed by atoms with van der Waals surface area (Å²) in [5.41, 5.74) is 2.39. The van der Waals surface area contributed by atoms with Gasteiger partial charge in [-0.2, -0.15) is 5.10 Å². The number of nitrogens with zero attached hydrogens (tertiary/aromatic N) is 4. The van der Waals surface area contributed by atoms with Crippen LogP contribution in [0.25, 0.3) is 10.9 Å². The minimum Gasteiger partial charge on any atom is -0.377 e. The van der Waals surface area contributed by atoms with Crippen molar-refractivity contribution in [1.29, 1.82) is 0 Å². The van der Waals surface area contributed by atoms with E-state index in [0.717, 1.165) is 56.5 Å². The maximum atomic E-state index is 5.14. The van der Waals surface area contributed by atoms with Crippen molar-refractivity contribution in [2.45, 2.75) is 45.4 Å². The molecule has 30 heavy (non-hydrogen) atoms. The summed E-state index contributed by atoms with van der Waals surface area (Å²) >= 11 is 0. The fourth-order valence-electron chi connectivity index (χ4n) is 3.74. The number of rotatable bonds is 7. The first kappa shape index (κ1) is 22.5. The zero-order valence-corrected chi connectivity index (χ0v) is 19.8. The van der Waals surface area contributed by atoms with E-state index in [1.54, 1.807) is 7.11 Å². The van der Waals surface area contributed by atoms with Crippen LogP contribution in [0.2, 0.25) is 0 Å². The molecule has 4 rings (SSSR count). The number of aromatic nitrogens is 4. The highest BCUT2D eigenvalue weighted by molar-refractivity contribution is 14.0. The molecule has 8 nitrogen and oxygen atoms in total. The lowest BCUT2D eigenvalue weighted by molar-refractivity contribution is 0.177. The van der Waals surface area contributed by atoms with Gasteiger partial charge in [0.05, 0.1) is 6.54 Å². The van der Waals surface area contributed by atoms with Gasteiger partial charge in [0.15, 0.2) is 11.8 Å². The molecule has 0 amide bonds. The van der Waals surface area contributed by atoms with Gasteiger partial charge in [-0.3, -0.25) is 4.99 Å². The lowest BCUT2D eigenvalue weighted by Gasteiger charge is -2.25. The summed E-state index contributed by atoms with van der Waals surface area (Å²) in [5, 5.41) is 12.7. The second-order valence-corrected chi connectivity index (χ2v) is 7.33. The lowest BCUT2D eigenvalue weighted by atomic mass is 10.1. The number of aliphatic imine (C=N–C) groups is 1. The zero-order chi connectivity index (χ0) is 20.1. The van der Waals surface area contributed by atoms with Gasteiger partial charge in [0.25, 0.3) is 0 Å². The number of aromatic amines is 1. The maximum absolute atomic E-state index is 5.14. The summed E-state index contributed by atoms with van der Waals surface area (Å²) in [5.74, 6) is 2.65. The van der Waals surface area contributed by atoms with Gasteiger partial charge in [0.1, 0.15) is 12.4 Å². The molecule has 162 valence electrons. The normalized spacial score (nSPS) is 16.2. The number of nitrogens with one attached hydrogen (secondary N) is 3. The average molecular weight is 523 g/mol. The van der Waals surface area contributed by atoms with Crippen molar-refractivity contribution >= 4 is 40.8 Å². The van der Waals surface area contributed by atoms with Crippen LogP contribution in [0.3, 0.4) is 0 Å². The minimum absolute atomic E-state index is 0. The first-order valence-corrected chi connectivity index (χ1v) is 10.3. The Bertz CT molecular complexity index is 948. The number of H-pyrrole nitrogens is 1. The summed E-state index contributed by atoms with van der Waals surface area (Å²) in [6, 6.07) is 10.8. The Morgan fingerprint density at radius 3 is 3.03 bits per heavy atom. The zero-order valence-electron chi connectivity index (χ0n) is 17.5. The van der Waals surface area contributed by atoms with E-state index in [0.29, 0.717) is 6.61 Å². The SMILES string of the molecule is CCNC(=NCCc1cc2ccccc2[nH]1)NC1CCc2nc(COC)nn2C1.I. The Kier molecular flexibility index (Phi) is 8.08. The van der Waals surface area contributed by atoms with Crippen LogP contribution in [-0.4, -0.2) is 51.9 Å². The summed E-state index contributed by atoms with van der Waals surface area (Å²) < 4.78 is 7.13. The molecule has 0 fully saturated rings. The van der Waals surface area contributed by atoms with E-state index in [4.69, 9.17) is 9.73 Å². The Morgan fingerprint density at radius 2 is 2.23 bits per heavy atom. The van der Waals surface area contributed by atoms with Gasteiger partial charge < -0.3 is 20.4 Å². The third-order valence-electron chi connectivity index (χ3n) is 5.10. The molecular weight excluding hydrogens is 493 g/mol. The maximum Gasteiger partial charge on any atom is 0.191 e. The third kappa shape index (κ3) is 5.51. The molecule has 3 aromatic rings. The largest absolute Gasteiger partial charge is 0.377 e. The van der Waals surface area contributed by atoms with E-state index in [1.165, 1.54) is 16.6 Å². The molecule has 0 spiro atoms. The number of benzene rings is 1. The minimum atomic E-state index is 0. The van der Waals surface area contributed by atoms with E-state index in [9.17, 15) is 0 Å². The van der Waals surface area contributed by atoms with Crippen molar-refractivity contribution in [1.82, 2.24) is 30.4 Å². The Balaban J connectivity index is 0.00000256. The number of aryl methyl sites for hydroxylation is 1. The Morgan fingerprint density at radius 1 is 1.37 bits per heavy atom. The first-order valence-electron chi connectivity index (χ1n) is 10.3. The van der Waals surface area contributed by atoms with Crippen molar-refractivity contribution < 1.29 is 4.74 Å². The quantitative estimate of drug-likeness (QED) is 0.252. The average Bonchev–Trinajstić information content (AvgIpc) is 3.31. The molecule has 0 saturated carbocycles. The Hall–Kier alpha value is -2.14. The number of methoxy groups -OCH3 is 1. The van der Waals surface area contributed by atoms with Crippen LogP contribution in [-0.2, 0) is 30.7 Å².